The maximum atomic E-state index is 5.77. The van der Waals surface area contributed by atoms with Gasteiger partial charge in [0.25, 0.3) is 0 Å². The fraction of sp³-hybridized carbons (Fsp3) is 0.846. The molecule has 3 fully saturated rings. The third kappa shape index (κ3) is 1.90. The van der Waals surface area contributed by atoms with Crippen LogP contribution in [0.5, 0.6) is 0 Å². The molecule has 5 nitrogen and oxygen atoms in total. The summed E-state index contributed by atoms with van der Waals surface area (Å²) >= 11 is 0. The lowest BCUT2D eigenvalue weighted by Crippen LogP contribution is -2.38. The molecule has 0 spiro atoms. The molecule has 3 aliphatic rings. The van der Waals surface area contributed by atoms with Gasteiger partial charge in [0.1, 0.15) is 0 Å². The van der Waals surface area contributed by atoms with E-state index in [0.29, 0.717) is 30.0 Å². The van der Waals surface area contributed by atoms with Crippen molar-refractivity contribution in [3.8, 4) is 0 Å². The van der Waals surface area contributed by atoms with E-state index in [0.717, 1.165) is 18.9 Å². The summed E-state index contributed by atoms with van der Waals surface area (Å²) in [6.45, 7) is 0.907. The molecule has 1 saturated heterocycles. The van der Waals surface area contributed by atoms with Crippen molar-refractivity contribution >= 4 is 6.01 Å². The Hall–Kier alpha value is -1.10. The molecule has 18 heavy (non-hydrogen) atoms. The second-order valence-electron chi connectivity index (χ2n) is 5.78. The van der Waals surface area contributed by atoms with E-state index in [2.05, 4.69) is 15.5 Å². The minimum atomic E-state index is 0.443. The van der Waals surface area contributed by atoms with Crippen LogP contribution >= 0.6 is 0 Å². The van der Waals surface area contributed by atoms with Crippen molar-refractivity contribution in [3.63, 3.8) is 0 Å². The first kappa shape index (κ1) is 10.8. The summed E-state index contributed by atoms with van der Waals surface area (Å²) in [4.78, 5) is 4.45. The lowest BCUT2D eigenvalue weighted by Gasteiger charge is -2.32. The minimum Gasteiger partial charge on any atom is -0.378 e. The largest absolute Gasteiger partial charge is 0.378 e. The predicted octanol–water partition coefficient (Wildman–Crippen LogP) is 2.32. The molecule has 0 radical (unpaired) electrons. The van der Waals surface area contributed by atoms with E-state index < -0.39 is 0 Å². The van der Waals surface area contributed by atoms with Crippen molar-refractivity contribution in [1.29, 1.82) is 0 Å². The number of aromatic nitrogens is 2. The number of hydrogen-bond donors (Lipinski definition) is 1. The first-order chi connectivity index (χ1) is 8.90. The molecule has 5 heteroatoms. The number of rotatable bonds is 3. The van der Waals surface area contributed by atoms with Gasteiger partial charge < -0.3 is 14.6 Å². The minimum absolute atomic E-state index is 0.443. The van der Waals surface area contributed by atoms with Crippen LogP contribution in [0.25, 0.3) is 0 Å². The van der Waals surface area contributed by atoms with Gasteiger partial charge in [-0.3, -0.25) is 0 Å². The molecule has 0 amide bonds. The molecular weight excluding hydrogens is 230 g/mol. The van der Waals surface area contributed by atoms with Crippen molar-refractivity contribution in [2.24, 2.45) is 5.92 Å². The van der Waals surface area contributed by atoms with Crippen LogP contribution in [0.4, 0.5) is 6.01 Å². The molecule has 0 aromatic carbocycles. The van der Waals surface area contributed by atoms with Gasteiger partial charge in [0, 0.05) is 24.5 Å². The Kier molecular flexibility index (Phi) is 2.53. The first-order valence-electron chi connectivity index (χ1n) is 7.12. The van der Waals surface area contributed by atoms with E-state index in [1.54, 1.807) is 0 Å². The Bertz CT molecular complexity index is 430. The maximum Gasteiger partial charge on any atom is 0.321 e. The zero-order valence-corrected chi connectivity index (χ0v) is 10.5. The third-order valence-electron chi connectivity index (χ3n) is 4.47. The molecule has 0 bridgehead atoms. The molecule has 3 atom stereocenters. The molecule has 2 aliphatic carbocycles. The number of hydrogen-bond acceptors (Lipinski definition) is 5. The van der Waals surface area contributed by atoms with Gasteiger partial charge >= 0.3 is 6.01 Å². The Morgan fingerprint density at radius 1 is 1.11 bits per heavy atom. The molecule has 2 saturated carbocycles. The molecule has 1 aromatic rings. The van der Waals surface area contributed by atoms with E-state index in [1.165, 1.54) is 32.1 Å². The van der Waals surface area contributed by atoms with Crippen LogP contribution in [0, 0.1) is 5.92 Å². The summed E-state index contributed by atoms with van der Waals surface area (Å²) in [7, 11) is 0. The summed E-state index contributed by atoms with van der Waals surface area (Å²) in [5.41, 5.74) is 0. The second-order valence-corrected chi connectivity index (χ2v) is 5.78. The number of anilines is 1. The Labute approximate surface area is 106 Å². The molecule has 3 unspecified atom stereocenters. The summed E-state index contributed by atoms with van der Waals surface area (Å²) in [5.74, 6) is 2.06. The molecule has 4 rings (SSSR count). The number of nitrogens with one attached hydrogen (secondary N) is 1. The highest BCUT2D eigenvalue weighted by atomic mass is 16.5. The van der Waals surface area contributed by atoms with Crippen LogP contribution in [-0.4, -0.2) is 28.9 Å². The van der Waals surface area contributed by atoms with E-state index in [1.807, 2.05) is 0 Å². The van der Waals surface area contributed by atoms with E-state index in [-0.39, 0.29) is 0 Å². The van der Waals surface area contributed by atoms with Crippen molar-refractivity contribution in [2.75, 3.05) is 11.9 Å². The van der Waals surface area contributed by atoms with Gasteiger partial charge in [-0.25, -0.2) is 0 Å². The summed E-state index contributed by atoms with van der Waals surface area (Å²) < 4.78 is 11.1. The SMILES string of the molecule is C1CC(Nc2nc(C3CC3)no2)C2CCOC2C1. The van der Waals surface area contributed by atoms with Crippen molar-refractivity contribution in [3.05, 3.63) is 5.82 Å². The maximum absolute atomic E-state index is 5.77. The fourth-order valence-electron chi connectivity index (χ4n) is 3.31. The smallest absolute Gasteiger partial charge is 0.321 e. The van der Waals surface area contributed by atoms with Crippen LogP contribution in [-0.2, 0) is 4.74 Å². The van der Waals surface area contributed by atoms with E-state index >= 15 is 0 Å². The fourth-order valence-corrected chi connectivity index (χ4v) is 3.31. The molecule has 1 aliphatic heterocycles. The van der Waals surface area contributed by atoms with Gasteiger partial charge in [0.05, 0.1) is 6.10 Å². The lowest BCUT2D eigenvalue weighted by atomic mass is 9.82. The van der Waals surface area contributed by atoms with Crippen LogP contribution in [0.2, 0.25) is 0 Å². The Morgan fingerprint density at radius 3 is 2.94 bits per heavy atom. The van der Waals surface area contributed by atoms with Gasteiger partial charge in [0.2, 0.25) is 0 Å². The molecule has 2 heterocycles. The summed E-state index contributed by atoms with van der Waals surface area (Å²) in [6, 6.07) is 1.05. The highest BCUT2D eigenvalue weighted by Gasteiger charge is 2.38. The van der Waals surface area contributed by atoms with Gasteiger partial charge in [-0.1, -0.05) is 5.16 Å². The quantitative estimate of drug-likeness (QED) is 0.890. The summed E-state index contributed by atoms with van der Waals surface area (Å²) in [5, 5.41) is 7.48. The van der Waals surface area contributed by atoms with Gasteiger partial charge in [-0.05, 0) is 38.5 Å². The molecule has 1 N–H and O–H groups in total. The number of nitrogens with zero attached hydrogens (tertiary/aromatic N) is 2. The molecular formula is C13H19N3O2. The van der Waals surface area contributed by atoms with Crippen molar-refractivity contribution in [1.82, 2.24) is 10.1 Å². The van der Waals surface area contributed by atoms with Crippen LogP contribution < -0.4 is 5.32 Å². The van der Waals surface area contributed by atoms with Crippen molar-refractivity contribution < 1.29 is 9.26 Å². The predicted molar refractivity (Wildman–Crippen MR) is 65.4 cm³/mol. The molecule has 1 aromatic heterocycles. The highest BCUT2D eigenvalue weighted by Crippen LogP contribution is 2.39. The highest BCUT2D eigenvalue weighted by molar-refractivity contribution is 5.24. The van der Waals surface area contributed by atoms with E-state index in [9.17, 15) is 0 Å². The number of fused-ring (bicyclic) bond motifs is 1. The molecule has 98 valence electrons. The van der Waals surface area contributed by atoms with E-state index in [4.69, 9.17) is 9.26 Å². The van der Waals surface area contributed by atoms with Crippen LogP contribution in [0.3, 0.4) is 0 Å². The van der Waals surface area contributed by atoms with Crippen LogP contribution in [0.15, 0.2) is 4.52 Å². The average Bonchev–Trinajstić information content (AvgIpc) is 2.94. The van der Waals surface area contributed by atoms with Crippen molar-refractivity contribution in [2.45, 2.75) is 56.6 Å². The lowest BCUT2D eigenvalue weighted by molar-refractivity contribution is 0.0616. The van der Waals surface area contributed by atoms with Crippen LogP contribution in [0.1, 0.15) is 50.3 Å². The standard InChI is InChI=1S/C13H19N3O2/c1-2-10(9-6-7-17-11(9)3-1)14-13-15-12(16-18-13)8-4-5-8/h8-11H,1-7H2,(H,14,15,16). The Morgan fingerprint density at radius 2 is 2.06 bits per heavy atom. The first-order valence-corrected chi connectivity index (χ1v) is 7.12. The monoisotopic (exact) mass is 249 g/mol. The zero-order valence-electron chi connectivity index (χ0n) is 10.5. The number of ether oxygens (including phenoxy) is 1. The average molecular weight is 249 g/mol. The van der Waals surface area contributed by atoms with Gasteiger partial charge in [-0.15, -0.1) is 0 Å². The van der Waals surface area contributed by atoms with Gasteiger partial charge in [0.15, 0.2) is 5.82 Å². The Balaban J connectivity index is 1.45. The normalized spacial score (nSPS) is 35.4. The van der Waals surface area contributed by atoms with Gasteiger partial charge in [-0.2, -0.15) is 4.98 Å². The third-order valence-corrected chi connectivity index (χ3v) is 4.47. The zero-order chi connectivity index (χ0) is 11.9. The second kappa shape index (κ2) is 4.23. The topological polar surface area (TPSA) is 60.2 Å². The summed E-state index contributed by atoms with van der Waals surface area (Å²) in [6.07, 6.45) is 7.64.